The van der Waals surface area contributed by atoms with Crippen LogP contribution in [0.1, 0.15) is 30.5 Å². The number of aryl methyl sites for hydroxylation is 1. The number of aromatic nitrogens is 1. The molecule has 0 fully saturated rings. The molecule has 1 radical (unpaired) electrons. The Morgan fingerprint density at radius 1 is 0.615 bits per heavy atom. The Bertz CT molecular complexity index is 1840. The standard InChI is InChI=1S/C37H28N.Ir/c1-24-28(25-12-6-4-7-13-25)20-21-34-36(24)31(26-14-8-5-9-15-26)23-35(38-34)27-18-19-30-29-16-10-11-17-32(29)37(2,3)33(30)22-27;/h4-17,19-23H,1-3H3;/q-1;. The first-order valence-corrected chi connectivity index (χ1v) is 13.2. The second-order valence-corrected chi connectivity index (χ2v) is 10.8. The molecule has 1 nitrogen and oxygen atoms in total. The number of hydrogen-bond donors (Lipinski definition) is 0. The maximum Gasteiger partial charge on any atom is 0.0604 e. The summed E-state index contributed by atoms with van der Waals surface area (Å²) in [6, 6.07) is 44.8. The minimum atomic E-state index is -0.0595. The third-order valence-electron chi connectivity index (χ3n) is 8.19. The van der Waals surface area contributed by atoms with Gasteiger partial charge in [-0.25, -0.2) is 0 Å². The molecule has 5 aromatic carbocycles. The molecule has 1 aliphatic carbocycles. The third kappa shape index (κ3) is 4.07. The zero-order valence-corrected chi connectivity index (χ0v) is 24.6. The molecule has 0 aliphatic heterocycles. The van der Waals surface area contributed by atoms with Crippen LogP contribution in [-0.2, 0) is 25.5 Å². The maximum atomic E-state index is 5.22. The number of rotatable bonds is 3. The topological polar surface area (TPSA) is 12.9 Å². The van der Waals surface area contributed by atoms with Crippen LogP contribution in [0, 0.1) is 13.0 Å². The smallest absolute Gasteiger partial charge is 0.0604 e. The zero-order valence-electron chi connectivity index (χ0n) is 22.3. The summed E-state index contributed by atoms with van der Waals surface area (Å²) >= 11 is 0. The van der Waals surface area contributed by atoms with Gasteiger partial charge in [-0.1, -0.05) is 122 Å². The van der Waals surface area contributed by atoms with E-state index in [1.807, 2.05) is 0 Å². The van der Waals surface area contributed by atoms with Gasteiger partial charge in [0.05, 0.1) is 5.52 Å². The molecule has 191 valence electrons. The molecule has 1 aromatic heterocycles. The van der Waals surface area contributed by atoms with Gasteiger partial charge in [0.2, 0.25) is 0 Å². The average molecular weight is 679 g/mol. The Balaban J connectivity index is 0.00000277. The predicted octanol–water partition coefficient (Wildman–Crippen LogP) is 9.65. The summed E-state index contributed by atoms with van der Waals surface area (Å²) in [5.41, 5.74) is 14.4. The molecule has 0 saturated heterocycles. The van der Waals surface area contributed by atoms with Gasteiger partial charge in [0.15, 0.2) is 0 Å². The summed E-state index contributed by atoms with van der Waals surface area (Å²) in [5.74, 6) is 0. The van der Waals surface area contributed by atoms with Crippen LogP contribution in [0.15, 0.2) is 115 Å². The number of hydrogen-bond acceptors (Lipinski definition) is 1. The minimum absolute atomic E-state index is 0. The van der Waals surface area contributed by atoms with E-state index in [1.54, 1.807) is 0 Å². The van der Waals surface area contributed by atoms with E-state index in [2.05, 4.69) is 142 Å². The monoisotopic (exact) mass is 679 g/mol. The summed E-state index contributed by atoms with van der Waals surface area (Å²) in [7, 11) is 0. The predicted molar refractivity (Wildman–Crippen MR) is 159 cm³/mol. The quantitative estimate of drug-likeness (QED) is 0.170. The van der Waals surface area contributed by atoms with E-state index in [4.69, 9.17) is 4.98 Å². The van der Waals surface area contributed by atoms with Crippen molar-refractivity contribution >= 4 is 10.9 Å². The van der Waals surface area contributed by atoms with Gasteiger partial charge in [-0.15, -0.1) is 29.3 Å². The van der Waals surface area contributed by atoms with Crippen LogP contribution in [0.25, 0.3) is 55.5 Å². The van der Waals surface area contributed by atoms with Crippen LogP contribution in [0.4, 0.5) is 0 Å². The van der Waals surface area contributed by atoms with Crippen molar-refractivity contribution in [3.05, 3.63) is 138 Å². The van der Waals surface area contributed by atoms with Gasteiger partial charge in [0.1, 0.15) is 0 Å². The Labute approximate surface area is 243 Å². The molecule has 0 spiro atoms. The number of nitrogens with zero attached hydrogens (tertiary/aromatic N) is 1. The summed E-state index contributed by atoms with van der Waals surface area (Å²) < 4.78 is 0. The molecule has 1 aliphatic rings. The van der Waals surface area contributed by atoms with Gasteiger partial charge in [0.25, 0.3) is 0 Å². The summed E-state index contributed by atoms with van der Waals surface area (Å²) in [6.45, 7) is 6.86. The molecule has 0 N–H and O–H groups in total. The van der Waals surface area contributed by atoms with Crippen LogP contribution in [0.3, 0.4) is 0 Å². The van der Waals surface area contributed by atoms with Gasteiger partial charge in [-0.05, 0) is 57.5 Å². The van der Waals surface area contributed by atoms with Gasteiger partial charge < -0.3 is 0 Å². The van der Waals surface area contributed by atoms with E-state index < -0.39 is 0 Å². The van der Waals surface area contributed by atoms with Crippen LogP contribution < -0.4 is 0 Å². The average Bonchev–Trinajstić information content (AvgIpc) is 3.20. The molecule has 7 rings (SSSR count). The summed E-state index contributed by atoms with van der Waals surface area (Å²) in [4.78, 5) is 5.22. The Hall–Kier alpha value is -3.84. The van der Waals surface area contributed by atoms with Crippen LogP contribution >= 0.6 is 0 Å². The molecular formula is C37H28IrN-. The van der Waals surface area contributed by atoms with Crippen molar-refractivity contribution in [1.29, 1.82) is 0 Å². The second-order valence-electron chi connectivity index (χ2n) is 10.8. The van der Waals surface area contributed by atoms with Crippen molar-refractivity contribution in [3.63, 3.8) is 0 Å². The van der Waals surface area contributed by atoms with E-state index in [-0.39, 0.29) is 25.5 Å². The molecule has 0 bridgehead atoms. The van der Waals surface area contributed by atoms with Crippen molar-refractivity contribution in [2.45, 2.75) is 26.2 Å². The number of fused-ring (bicyclic) bond motifs is 4. The minimum Gasteiger partial charge on any atom is -0.296 e. The van der Waals surface area contributed by atoms with E-state index in [0.717, 1.165) is 16.8 Å². The summed E-state index contributed by atoms with van der Waals surface area (Å²) in [6.07, 6.45) is 0. The Morgan fingerprint density at radius 2 is 1.26 bits per heavy atom. The van der Waals surface area contributed by atoms with E-state index in [1.165, 1.54) is 55.5 Å². The number of pyridine rings is 1. The van der Waals surface area contributed by atoms with Gasteiger partial charge in [0, 0.05) is 25.5 Å². The molecule has 1 heterocycles. The van der Waals surface area contributed by atoms with E-state index in [0.29, 0.717) is 0 Å². The molecular weight excluding hydrogens is 651 g/mol. The van der Waals surface area contributed by atoms with Gasteiger partial charge in [-0.3, -0.25) is 4.98 Å². The normalized spacial score (nSPS) is 13.0. The summed E-state index contributed by atoms with van der Waals surface area (Å²) in [5, 5.41) is 1.20. The second kappa shape index (κ2) is 9.72. The first kappa shape index (κ1) is 25.4. The molecule has 39 heavy (non-hydrogen) atoms. The first-order chi connectivity index (χ1) is 18.5. The largest absolute Gasteiger partial charge is 0.296 e. The number of benzene rings is 5. The maximum absolute atomic E-state index is 5.22. The first-order valence-electron chi connectivity index (χ1n) is 13.2. The van der Waals surface area contributed by atoms with Crippen molar-refractivity contribution in [2.24, 2.45) is 0 Å². The molecule has 0 saturated carbocycles. The fourth-order valence-electron chi connectivity index (χ4n) is 6.20. The van der Waals surface area contributed by atoms with Crippen molar-refractivity contribution < 1.29 is 20.1 Å². The van der Waals surface area contributed by atoms with Crippen molar-refractivity contribution in [2.75, 3.05) is 0 Å². The third-order valence-corrected chi connectivity index (χ3v) is 8.19. The molecule has 0 unspecified atom stereocenters. The molecule has 0 amide bonds. The van der Waals surface area contributed by atoms with Crippen LogP contribution in [0.5, 0.6) is 0 Å². The van der Waals surface area contributed by atoms with Gasteiger partial charge in [-0.2, -0.15) is 0 Å². The molecule has 2 heteroatoms. The fraction of sp³-hybridized carbons (Fsp3) is 0.108. The SMILES string of the molecule is Cc1c(-c2ccccc2)ccc2nc(-c3[c-]cc4c(c3)C(C)(C)c3ccccc3-4)cc(-c3ccccc3)c12.[Ir]. The van der Waals surface area contributed by atoms with Crippen molar-refractivity contribution in [3.8, 4) is 44.6 Å². The molecule has 6 aromatic rings. The van der Waals surface area contributed by atoms with E-state index >= 15 is 0 Å². The van der Waals surface area contributed by atoms with Gasteiger partial charge >= 0.3 is 0 Å². The fourth-order valence-corrected chi connectivity index (χ4v) is 6.20. The van der Waals surface area contributed by atoms with Crippen LogP contribution in [-0.4, -0.2) is 4.98 Å². The Kier molecular flexibility index (Phi) is 6.34. The zero-order chi connectivity index (χ0) is 25.9. The van der Waals surface area contributed by atoms with Crippen molar-refractivity contribution in [1.82, 2.24) is 4.98 Å². The molecule has 0 atom stereocenters. The Morgan fingerprint density at radius 3 is 1.97 bits per heavy atom. The van der Waals surface area contributed by atoms with Crippen LogP contribution in [0.2, 0.25) is 0 Å². The van der Waals surface area contributed by atoms with E-state index in [9.17, 15) is 0 Å².